The number of hydrogen-bond acceptors (Lipinski definition) is 7. The van der Waals surface area contributed by atoms with Crippen molar-refractivity contribution in [3.05, 3.63) is 71.5 Å². The van der Waals surface area contributed by atoms with E-state index in [0.717, 1.165) is 19.5 Å². The maximum absolute atomic E-state index is 12.0. The molecular formula is C21H21N5O2. The number of carbonyl (C=O) groups is 1. The van der Waals surface area contributed by atoms with Crippen LogP contribution in [-0.4, -0.2) is 29.6 Å². The second-order valence-corrected chi connectivity index (χ2v) is 6.56. The Labute approximate surface area is 163 Å². The Balaban J connectivity index is 1.63. The lowest BCUT2D eigenvalue weighted by Gasteiger charge is -2.30. The van der Waals surface area contributed by atoms with Crippen LogP contribution in [0.25, 0.3) is 0 Å². The zero-order valence-electron chi connectivity index (χ0n) is 15.6. The highest BCUT2D eigenvalue weighted by Gasteiger charge is 2.21. The molecule has 1 aliphatic rings. The van der Waals surface area contributed by atoms with Crippen molar-refractivity contribution in [2.75, 3.05) is 29.6 Å². The summed E-state index contributed by atoms with van der Waals surface area (Å²) in [7, 11) is 1.35. The topological polar surface area (TPSA) is 93.4 Å². The highest BCUT2D eigenvalue weighted by Crippen LogP contribution is 2.32. The fourth-order valence-corrected chi connectivity index (χ4v) is 3.42. The van der Waals surface area contributed by atoms with Crippen molar-refractivity contribution in [3.8, 4) is 0 Å². The number of ether oxygens (including phenoxy) is 1. The zero-order chi connectivity index (χ0) is 19.5. The number of esters is 1. The van der Waals surface area contributed by atoms with E-state index in [2.05, 4.69) is 38.4 Å². The fraction of sp³-hybridized carbons (Fsp3) is 0.190. The van der Waals surface area contributed by atoms with Crippen LogP contribution in [-0.2, 0) is 17.7 Å². The average molecular weight is 375 g/mol. The number of para-hydroxylation sites is 1. The molecule has 4 rings (SSSR count). The van der Waals surface area contributed by atoms with E-state index in [0.29, 0.717) is 28.6 Å². The Hall–Kier alpha value is -3.61. The van der Waals surface area contributed by atoms with Gasteiger partial charge in [-0.1, -0.05) is 36.4 Å². The molecule has 1 aliphatic heterocycles. The maximum Gasteiger partial charge on any atom is 0.339 e. The van der Waals surface area contributed by atoms with E-state index in [1.807, 2.05) is 12.1 Å². The number of benzene rings is 2. The summed E-state index contributed by atoms with van der Waals surface area (Å²) >= 11 is 0. The number of anilines is 4. The summed E-state index contributed by atoms with van der Waals surface area (Å²) in [5, 5.41) is 3.15. The minimum Gasteiger partial charge on any atom is -0.465 e. The Morgan fingerprint density at radius 2 is 1.86 bits per heavy atom. The molecule has 7 heteroatoms. The smallest absolute Gasteiger partial charge is 0.339 e. The van der Waals surface area contributed by atoms with Crippen LogP contribution in [0, 0.1) is 0 Å². The summed E-state index contributed by atoms with van der Waals surface area (Å²) in [6, 6.07) is 15.5. The summed E-state index contributed by atoms with van der Waals surface area (Å²) in [4.78, 5) is 22.8. The van der Waals surface area contributed by atoms with Gasteiger partial charge in [-0.2, -0.15) is 0 Å². The predicted molar refractivity (Wildman–Crippen MR) is 109 cm³/mol. The third-order valence-corrected chi connectivity index (χ3v) is 4.88. The molecular weight excluding hydrogens is 354 g/mol. The number of nitrogen functional groups attached to an aromatic ring is 1. The molecule has 7 nitrogen and oxygen atoms in total. The van der Waals surface area contributed by atoms with E-state index < -0.39 is 5.97 Å². The number of aromatic nitrogens is 2. The Morgan fingerprint density at radius 3 is 2.68 bits per heavy atom. The van der Waals surface area contributed by atoms with E-state index in [1.165, 1.54) is 24.6 Å². The molecule has 0 fully saturated rings. The van der Waals surface area contributed by atoms with E-state index >= 15 is 0 Å². The van der Waals surface area contributed by atoms with Gasteiger partial charge in [0.05, 0.1) is 18.4 Å². The first-order valence-electron chi connectivity index (χ1n) is 9.04. The Kier molecular flexibility index (Phi) is 4.80. The molecule has 28 heavy (non-hydrogen) atoms. The van der Waals surface area contributed by atoms with Gasteiger partial charge in [0.15, 0.2) is 11.6 Å². The van der Waals surface area contributed by atoms with Gasteiger partial charge in [-0.25, -0.2) is 14.8 Å². The lowest BCUT2D eigenvalue weighted by Crippen LogP contribution is -2.31. The molecule has 0 atom stereocenters. The second kappa shape index (κ2) is 7.56. The zero-order valence-corrected chi connectivity index (χ0v) is 15.6. The molecule has 3 aromatic rings. The van der Waals surface area contributed by atoms with Crippen LogP contribution in [0.5, 0.6) is 0 Å². The molecule has 142 valence electrons. The summed E-state index contributed by atoms with van der Waals surface area (Å²) in [6.45, 7) is 1.58. The standard InChI is InChI=1S/C21H21N5O2/c1-28-21(27)16-8-4-5-9-17(16)25-19-18(22)20(24-13-23-19)26-11-10-14-6-2-3-7-15(14)12-26/h2-9,13H,10-12,22H2,1H3,(H,23,24,25). The summed E-state index contributed by atoms with van der Waals surface area (Å²) in [5.41, 5.74) is 10.5. The Bertz CT molecular complexity index is 1020. The number of carbonyl (C=O) groups excluding carboxylic acids is 1. The quantitative estimate of drug-likeness (QED) is 0.677. The van der Waals surface area contributed by atoms with Crippen LogP contribution >= 0.6 is 0 Å². The molecule has 0 saturated carbocycles. The molecule has 0 amide bonds. The van der Waals surface area contributed by atoms with E-state index in [4.69, 9.17) is 10.5 Å². The van der Waals surface area contributed by atoms with Gasteiger partial charge in [0.25, 0.3) is 0 Å². The van der Waals surface area contributed by atoms with Crippen LogP contribution in [0.15, 0.2) is 54.9 Å². The van der Waals surface area contributed by atoms with Gasteiger partial charge < -0.3 is 20.7 Å². The van der Waals surface area contributed by atoms with Gasteiger partial charge in [0.2, 0.25) is 0 Å². The molecule has 0 spiro atoms. The van der Waals surface area contributed by atoms with Crippen molar-refractivity contribution in [3.63, 3.8) is 0 Å². The number of fused-ring (bicyclic) bond motifs is 1. The SMILES string of the molecule is COC(=O)c1ccccc1Nc1ncnc(N2CCc3ccccc3C2)c1N. The Morgan fingerprint density at radius 1 is 1.11 bits per heavy atom. The van der Waals surface area contributed by atoms with Gasteiger partial charge in [-0.15, -0.1) is 0 Å². The van der Waals surface area contributed by atoms with Crippen LogP contribution in [0.1, 0.15) is 21.5 Å². The summed E-state index contributed by atoms with van der Waals surface area (Å²) in [6.07, 6.45) is 2.42. The van der Waals surface area contributed by atoms with Gasteiger partial charge >= 0.3 is 5.97 Å². The lowest BCUT2D eigenvalue weighted by atomic mass is 10.00. The second-order valence-electron chi connectivity index (χ2n) is 6.56. The molecule has 0 bridgehead atoms. The minimum absolute atomic E-state index is 0.413. The first-order chi connectivity index (χ1) is 13.7. The van der Waals surface area contributed by atoms with Crippen LogP contribution in [0.3, 0.4) is 0 Å². The molecule has 0 saturated heterocycles. The number of rotatable bonds is 4. The lowest BCUT2D eigenvalue weighted by molar-refractivity contribution is 0.0602. The third kappa shape index (κ3) is 3.34. The maximum atomic E-state index is 12.0. The predicted octanol–water partition coefficient (Wildman–Crippen LogP) is 3.15. The third-order valence-electron chi connectivity index (χ3n) is 4.88. The first kappa shape index (κ1) is 17.8. The molecule has 2 heterocycles. The van der Waals surface area contributed by atoms with Gasteiger partial charge in [-0.3, -0.25) is 0 Å². The van der Waals surface area contributed by atoms with Crippen LogP contribution < -0.4 is 16.0 Å². The molecule has 2 aromatic carbocycles. The molecule has 0 unspecified atom stereocenters. The number of nitrogens with two attached hydrogens (primary N) is 1. The van der Waals surface area contributed by atoms with Gasteiger partial charge in [-0.05, 0) is 29.7 Å². The van der Waals surface area contributed by atoms with E-state index in [9.17, 15) is 4.79 Å². The van der Waals surface area contributed by atoms with Crippen molar-refractivity contribution >= 4 is 29.0 Å². The minimum atomic E-state index is -0.427. The largest absolute Gasteiger partial charge is 0.465 e. The van der Waals surface area contributed by atoms with Crippen LogP contribution in [0.2, 0.25) is 0 Å². The van der Waals surface area contributed by atoms with Crippen LogP contribution in [0.4, 0.5) is 23.0 Å². The van der Waals surface area contributed by atoms with Crippen molar-refractivity contribution in [1.82, 2.24) is 9.97 Å². The van der Waals surface area contributed by atoms with Gasteiger partial charge in [0, 0.05) is 13.1 Å². The fourth-order valence-electron chi connectivity index (χ4n) is 3.42. The number of hydrogen-bond donors (Lipinski definition) is 2. The molecule has 1 aromatic heterocycles. The molecule has 0 aliphatic carbocycles. The molecule has 3 N–H and O–H groups in total. The van der Waals surface area contributed by atoms with Crippen molar-refractivity contribution in [2.45, 2.75) is 13.0 Å². The average Bonchev–Trinajstić information content (AvgIpc) is 2.74. The number of nitrogens with one attached hydrogen (secondary N) is 1. The monoisotopic (exact) mass is 375 g/mol. The summed E-state index contributed by atoms with van der Waals surface area (Å²) < 4.78 is 4.85. The van der Waals surface area contributed by atoms with Crippen molar-refractivity contribution in [1.29, 1.82) is 0 Å². The van der Waals surface area contributed by atoms with E-state index in [1.54, 1.807) is 18.2 Å². The molecule has 0 radical (unpaired) electrons. The van der Waals surface area contributed by atoms with Crippen molar-refractivity contribution in [2.24, 2.45) is 0 Å². The number of methoxy groups -OCH3 is 1. The highest BCUT2D eigenvalue weighted by molar-refractivity contribution is 5.97. The highest BCUT2D eigenvalue weighted by atomic mass is 16.5. The normalized spacial score (nSPS) is 13.0. The van der Waals surface area contributed by atoms with Crippen molar-refractivity contribution < 1.29 is 9.53 Å². The van der Waals surface area contributed by atoms with E-state index in [-0.39, 0.29) is 0 Å². The van der Waals surface area contributed by atoms with Gasteiger partial charge in [0.1, 0.15) is 12.0 Å². The first-order valence-corrected chi connectivity index (χ1v) is 9.04. The summed E-state index contributed by atoms with van der Waals surface area (Å²) in [5.74, 6) is 0.714. The number of nitrogens with zero attached hydrogens (tertiary/aromatic N) is 3.